The SMILES string of the molecule is CCCCOc1ccc(C(=O)N(Cc2ccccc2)c2nc3cc(C)c(C)cc3s2)cc1. The van der Waals surface area contributed by atoms with Gasteiger partial charge in [-0.1, -0.05) is 55.0 Å². The summed E-state index contributed by atoms with van der Waals surface area (Å²) in [6.45, 7) is 7.48. The predicted molar refractivity (Wildman–Crippen MR) is 133 cm³/mol. The number of hydrogen-bond donors (Lipinski definition) is 0. The molecule has 0 spiro atoms. The van der Waals surface area contributed by atoms with Crippen molar-refractivity contribution in [3.63, 3.8) is 0 Å². The highest BCUT2D eigenvalue weighted by molar-refractivity contribution is 7.22. The molecule has 0 aliphatic heterocycles. The van der Waals surface area contributed by atoms with E-state index in [9.17, 15) is 4.79 Å². The second kappa shape index (κ2) is 9.96. The van der Waals surface area contributed by atoms with Gasteiger partial charge in [0.15, 0.2) is 5.13 Å². The molecule has 0 saturated heterocycles. The van der Waals surface area contributed by atoms with Gasteiger partial charge in [0.05, 0.1) is 23.4 Å². The Morgan fingerprint density at radius 1 is 1.00 bits per heavy atom. The number of unbranched alkanes of at least 4 members (excludes halogenated alkanes) is 1. The summed E-state index contributed by atoms with van der Waals surface area (Å²) in [6.07, 6.45) is 2.11. The number of fused-ring (bicyclic) bond motifs is 1. The second-order valence-corrected chi connectivity index (χ2v) is 9.01. The zero-order valence-corrected chi connectivity index (χ0v) is 19.6. The van der Waals surface area contributed by atoms with Crippen LogP contribution in [0.4, 0.5) is 5.13 Å². The molecule has 1 aromatic heterocycles. The average Bonchev–Trinajstić information content (AvgIpc) is 3.21. The number of benzene rings is 3. The zero-order valence-electron chi connectivity index (χ0n) is 18.8. The summed E-state index contributed by atoms with van der Waals surface area (Å²) in [5.74, 6) is 0.719. The summed E-state index contributed by atoms with van der Waals surface area (Å²) in [4.78, 5) is 20.2. The molecule has 5 heteroatoms. The van der Waals surface area contributed by atoms with E-state index in [1.807, 2.05) is 54.6 Å². The molecule has 164 valence electrons. The Balaban J connectivity index is 1.65. The highest BCUT2D eigenvalue weighted by Gasteiger charge is 2.22. The number of anilines is 1. The highest BCUT2D eigenvalue weighted by atomic mass is 32.1. The fourth-order valence-corrected chi connectivity index (χ4v) is 4.50. The smallest absolute Gasteiger partial charge is 0.260 e. The van der Waals surface area contributed by atoms with Crippen molar-refractivity contribution in [3.8, 4) is 5.75 Å². The van der Waals surface area contributed by atoms with Crippen LogP contribution < -0.4 is 9.64 Å². The predicted octanol–water partition coefficient (Wildman–Crippen LogP) is 6.94. The summed E-state index contributed by atoms with van der Waals surface area (Å²) < 4.78 is 6.84. The third-order valence-corrected chi connectivity index (χ3v) is 6.56. The first-order chi connectivity index (χ1) is 15.5. The van der Waals surface area contributed by atoms with Gasteiger partial charge in [-0.3, -0.25) is 9.69 Å². The molecule has 1 heterocycles. The lowest BCUT2D eigenvalue weighted by molar-refractivity contribution is 0.0985. The van der Waals surface area contributed by atoms with Crippen LogP contribution in [0.3, 0.4) is 0 Å². The van der Waals surface area contributed by atoms with Gasteiger partial charge in [-0.2, -0.15) is 0 Å². The lowest BCUT2D eigenvalue weighted by Crippen LogP contribution is -2.30. The van der Waals surface area contributed by atoms with Crippen LogP contribution in [0.1, 0.15) is 46.8 Å². The lowest BCUT2D eigenvalue weighted by Gasteiger charge is -2.20. The Hall–Kier alpha value is -3.18. The fraction of sp³-hybridized carbons (Fsp3) is 0.259. The molecule has 4 nitrogen and oxygen atoms in total. The summed E-state index contributed by atoms with van der Waals surface area (Å²) in [7, 11) is 0. The highest BCUT2D eigenvalue weighted by Crippen LogP contribution is 2.32. The van der Waals surface area contributed by atoms with Crippen LogP contribution in [-0.4, -0.2) is 17.5 Å². The number of amides is 1. The minimum atomic E-state index is -0.0681. The molecule has 0 N–H and O–H groups in total. The number of thiazole rings is 1. The molecule has 0 saturated carbocycles. The van der Waals surface area contributed by atoms with Crippen LogP contribution in [0.5, 0.6) is 5.75 Å². The molecule has 0 atom stereocenters. The van der Waals surface area contributed by atoms with Crippen molar-refractivity contribution in [2.45, 2.75) is 40.2 Å². The Labute approximate surface area is 193 Å². The normalized spacial score (nSPS) is 11.0. The lowest BCUT2D eigenvalue weighted by atomic mass is 10.1. The van der Waals surface area contributed by atoms with Crippen LogP contribution in [0.15, 0.2) is 66.7 Å². The van der Waals surface area contributed by atoms with E-state index >= 15 is 0 Å². The Bertz CT molecular complexity index is 1160. The second-order valence-electron chi connectivity index (χ2n) is 8.00. The number of aromatic nitrogens is 1. The van der Waals surface area contributed by atoms with Gasteiger partial charge in [0.1, 0.15) is 5.75 Å². The zero-order chi connectivity index (χ0) is 22.5. The van der Waals surface area contributed by atoms with Crippen molar-refractivity contribution in [2.75, 3.05) is 11.5 Å². The van der Waals surface area contributed by atoms with E-state index in [1.54, 1.807) is 16.2 Å². The molecule has 0 unspecified atom stereocenters. The quantitative estimate of drug-likeness (QED) is 0.276. The van der Waals surface area contributed by atoms with Gasteiger partial charge in [0, 0.05) is 5.56 Å². The largest absolute Gasteiger partial charge is 0.494 e. The van der Waals surface area contributed by atoms with E-state index < -0.39 is 0 Å². The maximum absolute atomic E-state index is 13.6. The average molecular weight is 445 g/mol. The third kappa shape index (κ3) is 5.00. The molecule has 0 fully saturated rings. The molecule has 3 aromatic carbocycles. The number of nitrogens with zero attached hydrogens (tertiary/aromatic N) is 2. The first-order valence-electron chi connectivity index (χ1n) is 11.0. The van der Waals surface area contributed by atoms with Gasteiger partial charge in [-0.15, -0.1) is 0 Å². The summed E-state index contributed by atoms with van der Waals surface area (Å²) in [5, 5.41) is 0.710. The number of aryl methyl sites for hydroxylation is 2. The maximum atomic E-state index is 13.6. The number of rotatable bonds is 8. The van der Waals surface area contributed by atoms with E-state index in [1.165, 1.54) is 11.1 Å². The molecule has 0 radical (unpaired) electrons. The van der Waals surface area contributed by atoms with Crippen LogP contribution in [0.25, 0.3) is 10.2 Å². The number of carbonyl (C=O) groups is 1. The van der Waals surface area contributed by atoms with Crippen LogP contribution in [-0.2, 0) is 6.54 Å². The molecule has 32 heavy (non-hydrogen) atoms. The van der Waals surface area contributed by atoms with E-state index in [0.29, 0.717) is 23.8 Å². The van der Waals surface area contributed by atoms with Crippen molar-refractivity contribution in [2.24, 2.45) is 0 Å². The van der Waals surface area contributed by atoms with Gasteiger partial charge < -0.3 is 4.74 Å². The fourth-order valence-electron chi connectivity index (χ4n) is 3.46. The van der Waals surface area contributed by atoms with Crippen molar-refractivity contribution >= 4 is 32.6 Å². The molecule has 0 bridgehead atoms. The molecule has 4 aromatic rings. The first kappa shape index (κ1) is 22.0. The van der Waals surface area contributed by atoms with Gasteiger partial charge in [-0.25, -0.2) is 4.98 Å². The Morgan fingerprint density at radius 3 is 2.44 bits per heavy atom. The van der Waals surface area contributed by atoms with Crippen LogP contribution >= 0.6 is 11.3 Å². The minimum Gasteiger partial charge on any atom is -0.494 e. The Morgan fingerprint density at radius 2 is 1.72 bits per heavy atom. The molecule has 0 aliphatic rings. The minimum absolute atomic E-state index is 0.0681. The molecule has 1 amide bonds. The van der Waals surface area contributed by atoms with Gasteiger partial charge >= 0.3 is 0 Å². The number of hydrogen-bond acceptors (Lipinski definition) is 4. The topological polar surface area (TPSA) is 42.4 Å². The molecule has 4 rings (SSSR count). The van der Waals surface area contributed by atoms with E-state index in [-0.39, 0.29) is 5.91 Å². The third-order valence-electron chi connectivity index (χ3n) is 5.52. The Kier molecular flexibility index (Phi) is 6.86. The summed E-state index contributed by atoms with van der Waals surface area (Å²) in [6, 6.07) is 21.7. The van der Waals surface area contributed by atoms with Crippen LogP contribution in [0.2, 0.25) is 0 Å². The summed E-state index contributed by atoms with van der Waals surface area (Å²) >= 11 is 1.56. The number of ether oxygens (including phenoxy) is 1. The summed E-state index contributed by atoms with van der Waals surface area (Å²) in [5.41, 5.74) is 5.04. The molecular weight excluding hydrogens is 416 g/mol. The maximum Gasteiger partial charge on any atom is 0.260 e. The standard InChI is InChI=1S/C27H28N2O2S/c1-4-5-15-31-23-13-11-22(12-14-23)26(30)29(18-21-9-7-6-8-10-21)27-28-24-16-19(2)20(3)17-25(24)32-27/h6-14,16-17H,4-5,15,18H2,1-3H3. The van der Waals surface area contributed by atoms with E-state index in [2.05, 4.69) is 32.9 Å². The number of carbonyl (C=O) groups excluding carboxylic acids is 1. The van der Waals surface area contributed by atoms with Crippen LogP contribution in [0, 0.1) is 13.8 Å². The van der Waals surface area contributed by atoms with E-state index in [0.717, 1.165) is 34.4 Å². The van der Waals surface area contributed by atoms with Crippen molar-refractivity contribution in [3.05, 3.63) is 89.0 Å². The van der Waals surface area contributed by atoms with E-state index in [4.69, 9.17) is 9.72 Å². The van der Waals surface area contributed by atoms with Gasteiger partial charge in [0.2, 0.25) is 0 Å². The van der Waals surface area contributed by atoms with Crippen molar-refractivity contribution < 1.29 is 9.53 Å². The molecule has 0 aliphatic carbocycles. The van der Waals surface area contributed by atoms with Crippen molar-refractivity contribution in [1.29, 1.82) is 0 Å². The monoisotopic (exact) mass is 444 g/mol. The van der Waals surface area contributed by atoms with Gasteiger partial charge in [-0.05, 0) is 73.4 Å². The van der Waals surface area contributed by atoms with Gasteiger partial charge in [0.25, 0.3) is 5.91 Å². The van der Waals surface area contributed by atoms with Crippen molar-refractivity contribution in [1.82, 2.24) is 4.98 Å². The first-order valence-corrected chi connectivity index (χ1v) is 11.8. The molecular formula is C27H28N2O2S.